The minimum Gasteiger partial charge on any atom is -0.467 e. The van der Waals surface area contributed by atoms with Gasteiger partial charge in [0, 0.05) is 6.42 Å². The van der Waals surface area contributed by atoms with Crippen LogP contribution < -0.4 is 0 Å². The van der Waals surface area contributed by atoms with E-state index in [-0.39, 0.29) is 12.3 Å². The van der Waals surface area contributed by atoms with Gasteiger partial charge in [-0.05, 0) is 90.4 Å². The van der Waals surface area contributed by atoms with E-state index in [0.29, 0.717) is 52.4 Å². The molecule has 1 N–H and O–H groups in total. The summed E-state index contributed by atoms with van der Waals surface area (Å²) in [5.41, 5.74) is -0.958. The van der Waals surface area contributed by atoms with E-state index >= 15 is 0 Å². The summed E-state index contributed by atoms with van der Waals surface area (Å²) in [6.07, 6.45) is 12.8. The van der Waals surface area contributed by atoms with Crippen LogP contribution in [-0.4, -0.2) is 29.6 Å². The topological polar surface area (TPSA) is 63.6 Å². The van der Waals surface area contributed by atoms with E-state index in [1.807, 2.05) is 0 Å². The van der Waals surface area contributed by atoms with Gasteiger partial charge in [-0.25, -0.2) is 4.79 Å². The second kappa shape index (κ2) is 8.42. The number of carbonyl (C=O) groups excluding carboxylic acids is 2. The molecule has 4 heteroatoms. The Labute approximate surface area is 193 Å². The average Bonchev–Trinajstić information content (AvgIpc) is 3.25. The molecule has 0 aliphatic heterocycles. The van der Waals surface area contributed by atoms with Crippen LogP contribution in [0.25, 0.3) is 0 Å². The van der Waals surface area contributed by atoms with Gasteiger partial charge in [-0.15, -0.1) is 0 Å². The van der Waals surface area contributed by atoms with Crippen LogP contribution in [0.3, 0.4) is 0 Å². The Morgan fingerprint density at radius 2 is 1.88 bits per heavy atom. The summed E-state index contributed by atoms with van der Waals surface area (Å²) < 4.78 is 4.79. The van der Waals surface area contributed by atoms with E-state index in [4.69, 9.17) is 4.74 Å². The summed E-state index contributed by atoms with van der Waals surface area (Å²) in [7, 11) is 1.25. The van der Waals surface area contributed by atoms with Crippen molar-refractivity contribution in [2.24, 2.45) is 52.8 Å². The highest BCUT2D eigenvalue weighted by Crippen LogP contribution is 2.65. The van der Waals surface area contributed by atoms with Crippen LogP contribution in [0.2, 0.25) is 0 Å². The van der Waals surface area contributed by atoms with Crippen LogP contribution in [0.15, 0.2) is 23.8 Å². The van der Waals surface area contributed by atoms with Crippen molar-refractivity contribution in [3.05, 3.63) is 23.8 Å². The lowest BCUT2D eigenvalue weighted by Gasteiger charge is -2.52. The standard InChI is InChI=1S/C28H42O4/c1-16(2)17(3)7-8-18(4)23-11-12-24-20-9-10-21-22(19(20)13-14-27(23,24)5)15-28(31,25(21)29)26(30)32-6/h7-8,10,16-20,22-24,31H,9,11-15H2,1-6H3/b8-7+/t17?,18-,19?,20?,22?,23-,24?,27-,28+/m1/s1. The number of hydrogen-bond donors (Lipinski definition) is 1. The van der Waals surface area contributed by atoms with Crippen LogP contribution in [0.5, 0.6) is 0 Å². The molecule has 0 aromatic carbocycles. The maximum Gasteiger partial charge on any atom is 0.346 e. The van der Waals surface area contributed by atoms with Crippen molar-refractivity contribution in [1.29, 1.82) is 0 Å². The molecular weight excluding hydrogens is 400 g/mol. The van der Waals surface area contributed by atoms with Gasteiger partial charge in [-0.2, -0.15) is 0 Å². The third-order valence-electron chi connectivity index (χ3n) is 10.2. The summed E-state index contributed by atoms with van der Waals surface area (Å²) in [5.74, 6) is 2.93. The first-order valence-electron chi connectivity index (χ1n) is 12.8. The number of esters is 1. The molecule has 32 heavy (non-hydrogen) atoms. The second-order valence-corrected chi connectivity index (χ2v) is 11.9. The maximum absolute atomic E-state index is 12.9. The van der Waals surface area contributed by atoms with Crippen molar-refractivity contribution in [3.8, 4) is 0 Å². The van der Waals surface area contributed by atoms with Crippen molar-refractivity contribution >= 4 is 11.8 Å². The molecule has 0 amide bonds. The Bertz CT molecular complexity index is 825. The zero-order valence-corrected chi connectivity index (χ0v) is 20.8. The van der Waals surface area contributed by atoms with E-state index in [9.17, 15) is 14.7 Å². The highest BCUT2D eigenvalue weighted by Gasteiger charge is 2.62. The summed E-state index contributed by atoms with van der Waals surface area (Å²) in [5, 5.41) is 10.9. The number of methoxy groups -OCH3 is 1. The third-order valence-corrected chi connectivity index (χ3v) is 10.2. The van der Waals surface area contributed by atoms with Crippen molar-refractivity contribution in [3.63, 3.8) is 0 Å². The Morgan fingerprint density at radius 1 is 1.16 bits per heavy atom. The molecule has 0 heterocycles. The molecule has 178 valence electrons. The third kappa shape index (κ3) is 3.52. The molecular formula is C28H42O4. The number of Topliss-reactive ketones (excluding diaryl/α,β-unsaturated/α-hetero) is 1. The fraction of sp³-hybridized carbons (Fsp3) is 0.786. The Morgan fingerprint density at radius 3 is 2.53 bits per heavy atom. The molecule has 0 radical (unpaired) electrons. The molecule has 0 aromatic heterocycles. The minimum absolute atomic E-state index is 0.00170. The summed E-state index contributed by atoms with van der Waals surface area (Å²) in [4.78, 5) is 25.1. The van der Waals surface area contributed by atoms with E-state index in [1.54, 1.807) is 0 Å². The van der Waals surface area contributed by atoms with E-state index < -0.39 is 17.4 Å². The van der Waals surface area contributed by atoms with E-state index in [0.717, 1.165) is 12.8 Å². The summed E-state index contributed by atoms with van der Waals surface area (Å²) >= 11 is 0. The van der Waals surface area contributed by atoms with Gasteiger partial charge in [-0.3, -0.25) is 4.79 Å². The molecule has 3 fully saturated rings. The van der Waals surface area contributed by atoms with Crippen LogP contribution in [0.4, 0.5) is 0 Å². The normalized spacial score (nSPS) is 42.9. The highest BCUT2D eigenvalue weighted by molar-refractivity contribution is 6.17. The lowest BCUT2D eigenvalue weighted by atomic mass is 9.52. The van der Waals surface area contributed by atoms with Crippen molar-refractivity contribution < 1.29 is 19.4 Å². The smallest absolute Gasteiger partial charge is 0.346 e. The van der Waals surface area contributed by atoms with Gasteiger partial charge < -0.3 is 9.84 Å². The quantitative estimate of drug-likeness (QED) is 0.354. The molecule has 5 unspecified atom stereocenters. The zero-order valence-electron chi connectivity index (χ0n) is 20.8. The van der Waals surface area contributed by atoms with Crippen molar-refractivity contribution in [2.75, 3.05) is 7.11 Å². The van der Waals surface area contributed by atoms with Gasteiger partial charge >= 0.3 is 5.97 Å². The largest absolute Gasteiger partial charge is 0.467 e. The van der Waals surface area contributed by atoms with Gasteiger partial charge in [0.2, 0.25) is 11.4 Å². The predicted octanol–water partition coefficient (Wildman–Crippen LogP) is 5.35. The first kappa shape index (κ1) is 23.7. The molecule has 4 aliphatic carbocycles. The molecule has 3 saturated carbocycles. The van der Waals surface area contributed by atoms with Gasteiger partial charge in [0.05, 0.1) is 7.11 Å². The fourth-order valence-corrected chi connectivity index (χ4v) is 7.93. The van der Waals surface area contributed by atoms with Crippen LogP contribution >= 0.6 is 0 Å². The van der Waals surface area contributed by atoms with Crippen LogP contribution in [0.1, 0.15) is 73.1 Å². The van der Waals surface area contributed by atoms with Crippen LogP contribution in [-0.2, 0) is 14.3 Å². The Balaban J connectivity index is 1.53. The number of aliphatic hydroxyl groups is 1. The molecule has 0 spiro atoms. The first-order valence-corrected chi connectivity index (χ1v) is 12.8. The number of rotatable bonds is 5. The molecule has 0 bridgehead atoms. The summed E-state index contributed by atoms with van der Waals surface area (Å²) in [6.45, 7) is 11.8. The number of carbonyl (C=O) groups is 2. The van der Waals surface area contributed by atoms with Gasteiger partial charge in [0.25, 0.3) is 0 Å². The molecule has 9 atom stereocenters. The van der Waals surface area contributed by atoms with Gasteiger partial charge in [0.15, 0.2) is 0 Å². The number of allylic oxidation sites excluding steroid dienone is 3. The molecule has 4 rings (SSSR count). The number of ether oxygens (including phenoxy) is 1. The van der Waals surface area contributed by atoms with Crippen molar-refractivity contribution in [1.82, 2.24) is 0 Å². The summed E-state index contributed by atoms with van der Waals surface area (Å²) in [6, 6.07) is 0. The Hall–Kier alpha value is -1.42. The maximum atomic E-state index is 12.9. The van der Waals surface area contributed by atoms with Crippen molar-refractivity contribution in [2.45, 2.75) is 78.7 Å². The minimum atomic E-state index is -1.98. The number of fused-ring (bicyclic) bond motifs is 5. The van der Waals surface area contributed by atoms with E-state index in [2.05, 4.69) is 52.8 Å². The molecule has 0 saturated heterocycles. The lowest BCUT2D eigenvalue weighted by Crippen LogP contribution is -2.46. The zero-order chi connectivity index (χ0) is 23.4. The molecule has 4 aliphatic rings. The monoisotopic (exact) mass is 442 g/mol. The predicted molar refractivity (Wildman–Crippen MR) is 126 cm³/mol. The fourth-order valence-electron chi connectivity index (χ4n) is 7.93. The number of hydrogen-bond acceptors (Lipinski definition) is 4. The molecule has 4 nitrogen and oxygen atoms in total. The van der Waals surface area contributed by atoms with Crippen LogP contribution in [0, 0.1) is 52.8 Å². The SMILES string of the molecule is COC(=O)[C@]1(O)CC2C(=CCC3C2CC[C@@]2(C)C3CC[C@@H]2[C@H](C)/C=C/C(C)C(C)C)C1=O. The lowest BCUT2D eigenvalue weighted by molar-refractivity contribution is -0.165. The Kier molecular flexibility index (Phi) is 6.24. The molecule has 0 aromatic rings. The number of ketones is 1. The van der Waals surface area contributed by atoms with Gasteiger partial charge in [-0.1, -0.05) is 52.8 Å². The highest BCUT2D eigenvalue weighted by atomic mass is 16.5. The van der Waals surface area contributed by atoms with Gasteiger partial charge in [0.1, 0.15) is 0 Å². The average molecular weight is 443 g/mol. The van der Waals surface area contributed by atoms with E-state index in [1.165, 1.54) is 26.4 Å². The second-order valence-electron chi connectivity index (χ2n) is 11.9. The first-order chi connectivity index (χ1) is 15.0.